The average molecular weight is 394 g/mol. The van der Waals surface area contributed by atoms with Crippen LogP contribution in [0.25, 0.3) is 11.2 Å². The molecular weight excluding hydrogens is 374 g/mol. The van der Waals surface area contributed by atoms with Crippen molar-refractivity contribution in [2.24, 2.45) is 7.05 Å². The fourth-order valence-electron chi connectivity index (χ4n) is 2.69. The first-order valence-electron chi connectivity index (χ1n) is 8.40. The second kappa shape index (κ2) is 7.85. The molecule has 144 valence electrons. The van der Waals surface area contributed by atoms with Gasteiger partial charge in [0.05, 0.1) is 6.54 Å². The molecule has 27 heavy (non-hydrogen) atoms. The van der Waals surface area contributed by atoms with E-state index < -0.39 is 17.4 Å². The number of benzene rings is 1. The number of hydrogen-bond acceptors (Lipinski definition) is 6. The van der Waals surface area contributed by atoms with E-state index in [1.54, 1.807) is 28.8 Å². The molecule has 0 aliphatic rings. The predicted molar refractivity (Wildman–Crippen MR) is 103 cm³/mol. The van der Waals surface area contributed by atoms with Crippen molar-refractivity contribution in [2.75, 3.05) is 18.5 Å². The zero-order valence-corrected chi connectivity index (χ0v) is 15.7. The Hall–Kier alpha value is -2.78. The van der Waals surface area contributed by atoms with E-state index in [1.807, 2.05) is 6.92 Å². The highest BCUT2D eigenvalue weighted by molar-refractivity contribution is 6.30. The van der Waals surface area contributed by atoms with E-state index >= 15 is 0 Å². The van der Waals surface area contributed by atoms with Gasteiger partial charge in [-0.3, -0.25) is 14.3 Å². The lowest BCUT2D eigenvalue weighted by atomic mass is 10.3. The normalized spacial score (nSPS) is 12.3. The van der Waals surface area contributed by atoms with Crippen molar-refractivity contribution in [3.63, 3.8) is 0 Å². The molecule has 10 heteroatoms. The number of halogens is 1. The molecule has 1 aromatic carbocycles. The lowest BCUT2D eigenvalue weighted by Gasteiger charge is -2.15. The summed E-state index contributed by atoms with van der Waals surface area (Å²) in [4.78, 5) is 30.7. The zero-order valence-electron chi connectivity index (χ0n) is 14.9. The van der Waals surface area contributed by atoms with Gasteiger partial charge < -0.3 is 19.7 Å². The Bertz CT molecular complexity index is 1050. The number of anilines is 1. The van der Waals surface area contributed by atoms with Crippen LogP contribution in [0, 0.1) is 0 Å². The molecule has 2 heterocycles. The van der Waals surface area contributed by atoms with Crippen LogP contribution in [0.3, 0.4) is 0 Å². The number of imidazole rings is 1. The van der Waals surface area contributed by atoms with E-state index in [0.29, 0.717) is 23.3 Å². The van der Waals surface area contributed by atoms with Crippen molar-refractivity contribution in [1.82, 2.24) is 19.1 Å². The van der Waals surface area contributed by atoms with E-state index in [2.05, 4.69) is 15.3 Å². The molecular formula is C17H20ClN5O4. The van der Waals surface area contributed by atoms with E-state index in [1.165, 1.54) is 11.6 Å². The molecule has 9 nitrogen and oxygen atoms in total. The molecule has 0 radical (unpaired) electrons. The Kier molecular flexibility index (Phi) is 5.52. The minimum atomic E-state index is -0.910. The molecule has 3 rings (SSSR count). The number of nitrogens with one attached hydrogen (secondary N) is 2. The highest BCUT2D eigenvalue weighted by Gasteiger charge is 2.19. The number of nitrogens with zero attached hydrogens (tertiary/aromatic N) is 3. The number of aryl methyl sites for hydroxylation is 1. The SMILES string of the molecule is CCNc1nc2c(c(=O)[nH]c(=O)n2C)n1CC(O)COc1ccc(Cl)cc1. The van der Waals surface area contributed by atoms with Crippen molar-refractivity contribution in [3.8, 4) is 5.75 Å². The molecule has 0 saturated heterocycles. The third-order valence-corrected chi connectivity index (χ3v) is 4.24. The molecule has 0 amide bonds. The van der Waals surface area contributed by atoms with Crippen LogP contribution < -0.4 is 21.3 Å². The van der Waals surface area contributed by atoms with Gasteiger partial charge in [0.1, 0.15) is 18.5 Å². The summed E-state index contributed by atoms with van der Waals surface area (Å²) in [5.41, 5.74) is -0.661. The van der Waals surface area contributed by atoms with Crippen molar-refractivity contribution in [3.05, 3.63) is 50.1 Å². The van der Waals surface area contributed by atoms with Crippen molar-refractivity contribution in [1.29, 1.82) is 0 Å². The summed E-state index contributed by atoms with van der Waals surface area (Å²) in [5.74, 6) is 0.964. The minimum Gasteiger partial charge on any atom is -0.491 e. The topological polar surface area (TPSA) is 114 Å². The van der Waals surface area contributed by atoms with Crippen molar-refractivity contribution < 1.29 is 9.84 Å². The Morgan fingerprint density at radius 1 is 1.33 bits per heavy atom. The highest BCUT2D eigenvalue weighted by atomic mass is 35.5. The lowest BCUT2D eigenvalue weighted by molar-refractivity contribution is 0.0938. The number of hydrogen-bond donors (Lipinski definition) is 3. The second-order valence-corrected chi connectivity index (χ2v) is 6.42. The van der Waals surface area contributed by atoms with Crippen LogP contribution in [-0.4, -0.2) is 43.5 Å². The molecule has 1 atom stereocenters. The molecule has 3 aromatic rings. The van der Waals surface area contributed by atoms with Crippen LogP contribution in [-0.2, 0) is 13.6 Å². The summed E-state index contributed by atoms with van der Waals surface area (Å²) in [6.45, 7) is 2.52. The van der Waals surface area contributed by atoms with Crippen LogP contribution >= 0.6 is 11.6 Å². The Labute approximate surface area is 159 Å². The number of rotatable bonds is 7. The Balaban J connectivity index is 1.87. The summed E-state index contributed by atoms with van der Waals surface area (Å²) in [5, 5.41) is 14.0. The summed E-state index contributed by atoms with van der Waals surface area (Å²) in [6.07, 6.45) is -0.910. The van der Waals surface area contributed by atoms with Crippen LogP contribution in [0.2, 0.25) is 5.02 Å². The molecule has 0 fully saturated rings. The fourth-order valence-corrected chi connectivity index (χ4v) is 2.82. The smallest absolute Gasteiger partial charge is 0.329 e. The lowest BCUT2D eigenvalue weighted by Crippen LogP contribution is -2.31. The Morgan fingerprint density at radius 2 is 2.04 bits per heavy atom. The number of H-pyrrole nitrogens is 1. The maximum Gasteiger partial charge on any atom is 0.329 e. The number of aromatic amines is 1. The average Bonchev–Trinajstić information content (AvgIpc) is 2.98. The van der Waals surface area contributed by atoms with Gasteiger partial charge in [0.25, 0.3) is 5.56 Å². The fraction of sp³-hybridized carbons (Fsp3) is 0.353. The van der Waals surface area contributed by atoms with Gasteiger partial charge in [-0.15, -0.1) is 0 Å². The Morgan fingerprint density at radius 3 is 2.70 bits per heavy atom. The molecule has 0 aliphatic carbocycles. The zero-order chi connectivity index (χ0) is 19.6. The number of fused-ring (bicyclic) bond motifs is 1. The van der Waals surface area contributed by atoms with Gasteiger partial charge in [0, 0.05) is 18.6 Å². The summed E-state index contributed by atoms with van der Waals surface area (Å²) < 4.78 is 8.36. The largest absolute Gasteiger partial charge is 0.491 e. The first-order valence-corrected chi connectivity index (χ1v) is 8.78. The monoisotopic (exact) mass is 393 g/mol. The van der Waals surface area contributed by atoms with Gasteiger partial charge in [-0.1, -0.05) is 11.6 Å². The van der Waals surface area contributed by atoms with Crippen molar-refractivity contribution in [2.45, 2.75) is 19.6 Å². The van der Waals surface area contributed by atoms with E-state index in [9.17, 15) is 14.7 Å². The maximum absolute atomic E-state index is 12.3. The summed E-state index contributed by atoms with van der Waals surface area (Å²) in [6, 6.07) is 6.78. The van der Waals surface area contributed by atoms with E-state index in [0.717, 1.165) is 0 Å². The van der Waals surface area contributed by atoms with E-state index in [4.69, 9.17) is 16.3 Å². The van der Waals surface area contributed by atoms with Crippen molar-refractivity contribution >= 4 is 28.7 Å². The molecule has 0 bridgehead atoms. The summed E-state index contributed by atoms with van der Waals surface area (Å²) >= 11 is 5.83. The van der Waals surface area contributed by atoms with Gasteiger partial charge in [0.15, 0.2) is 11.2 Å². The first-order chi connectivity index (χ1) is 12.9. The molecule has 0 spiro atoms. The van der Waals surface area contributed by atoms with Gasteiger partial charge in [-0.2, -0.15) is 4.98 Å². The van der Waals surface area contributed by atoms with Gasteiger partial charge in [0.2, 0.25) is 5.95 Å². The number of aliphatic hydroxyl groups is 1. The highest BCUT2D eigenvalue weighted by Crippen LogP contribution is 2.18. The number of aromatic nitrogens is 4. The minimum absolute atomic E-state index is 0.0105. The van der Waals surface area contributed by atoms with Crippen LogP contribution in [0.15, 0.2) is 33.9 Å². The predicted octanol–water partition coefficient (Wildman–Crippen LogP) is 0.948. The molecule has 1 unspecified atom stereocenters. The molecule has 2 aromatic heterocycles. The number of ether oxygens (including phenoxy) is 1. The quantitative estimate of drug-likeness (QED) is 0.550. The third-order valence-electron chi connectivity index (χ3n) is 3.99. The molecule has 3 N–H and O–H groups in total. The van der Waals surface area contributed by atoms with Crippen LogP contribution in [0.5, 0.6) is 5.75 Å². The van der Waals surface area contributed by atoms with Gasteiger partial charge in [-0.05, 0) is 31.2 Å². The van der Waals surface area contributed by atoms with E-state index in [-0.39, 0.29) is 24.3 Å². The second-order valence-electron chi connectivity index (χ2n) is 5.99. The molecule has 0 saturated carbocycles. The number of aliphatic hydroxyl groups excluding tert-OH is 1. The summed E-state index contributed by atoms with van der Waals surface area (Å²) in [7, 11) is 1.52. The standard InChI is InChI=1S/C17H20ClN5O4/c1-3-19-16-20-14-13(15(25)21-17(26)22(14)2)23(16)8-11(24)9-27-12-6-4-10(18)5-7-12/h4-7,11,24H,3,8-9H2,1-2H3,(H,19,20)(H,21,25,26). The van der Waals surface area contributed by atoms with Gasteiger partial charge in [-0.25, -0.2) is 4.79 Å². The third kappa shape index (κ3) is 3.99. The molecule has 0 aliphatic heterocycles. The maximum atomic E-state index is 12.3. The van der Waals surface area contributed by atoms with Crippen LogP contribution in [0.4, 0.5) is 5.95 Å². The van der Waals surface area contributed by atoms with Crippen LogP contribution in [0.1, 0.15) is 6.92 Å². The first kappa shape index (κ1) is 19.0. The van der Waals surface area contributed by atoms with Gasteiger partial charge >= 0.3 is 5.69 Å².